The number of methoxy groups -OCH3 is 1. The second-order valence-corrected chi connectivity index (χ2v) is 5.08. The van der Waals surface area contributed by atoms with E-state index < -0.39 is 6.04 Å². The number of ether oxygens (including phenoxy) is 1. The van der Waals surface area contributed by atoms with Crippen molar-refractivity contribution in [2.75, 3.05) is 18.6 Å². The SMILES string of the molecule is CCC1C(=O)NCC(=O)N1c1ccc(Br)c(OC)c1. The van der Waals surface area contributed by atoms with Gasteiger partial charge in [-0.05, 0) is 34.5 Å². The van der Waals surface area contributed by atoms with Crippen LogP contribution in [0.25, 0.3) is 0 Å². The molecular weight excluding hydrogens is 312 g/mol. The number of nitrogens with zero attached hydrogens (tertiary/aromatic N) is 1. The molecule has 0 aliphatic carbocycles. The number of rotatable bonds is 3. The molecule has 0 radical (unpaired) electrons. The number of benzene rings is 1. The van der Waals surface area contributed by atoms with Gasteiger partial charge < -0.3 is 10.1 Å². The summed E-state index contributed by atoms with van der Waals surface area (Å²) in [6, 6.07) is 4.89. The first-order chi connectivity index (χ1) is 9.08. The molecule has 19 heavy (non-hydrogen) atoms. The maximum atomic E-state index is 12.1. The molecule has 0 spiro atoms. The Hall–Kier alpha value is -1.56. The predicted molar refractivity (Wildman–Crippen MR) is 75.3 cm³/mol. The number of anilines is 1. The molecule has 1 saturated heterocycles. The first-order valence-electron chi connectivity index (χ1n) is 6.01. The fourth-order valence-electron chi connectivity index (χ4n) is 2.15. The Morgan fingerprint density at radius 2 is 2.21 bits per heavy atom. The maximum Gasteiger partial charge on any atom is 0.247 e. The van der Waals surface area contributed by atoms with E-state index in [1.807, 2.05) is 6.92 Å². The second-order valence-electron chi connectivity index (χ2n) is 4.22. The average molecular weight is 327 g/mol. The van der Waals surface area contributed by atoms with Crippen LogP contribution in [-0.4, -0.2) is 31.5 Å². The van der Waals surface area contributed by atoms with Crippen molar-refractivity contribution in [3.8, 4) is 5.75 Å². The van der Waals surface area contributed by atoms with Crippen LogP contribution in [-0.2, 0) is 9.59 Å². The van der Waals surface area contributed by atoms with E-state index >= 15 is 0 Å². The molecule has 102 valence electrons. The number of hydrogen-bond donors (Lipinski definition) is 1. The molecule has 6 heteroatoms. The molecule has 1 aromatic carbocycles. The summed E-state index contributed by atoms with van der Waals surface area (Å²) in [4.78, 5) is 25.4. The van der Waals surface area contributed by atoms with Gasteiger partial charge in [0.2, 0.25) is 11.8 Å². The number of hydrogen-bond acceptors (Lipinski definition) is 3. The van der Waals surface area contributed by atoms with Gasteiger partial charge in [-0.3, -0.25) is 14.5 Å². The molecule has 1 heterocycles. The molecule has 1 aliphatic heterocycles. The van der Waals surface area contributed by atoms with Gasteiger partial charge in [-0.2, -0.15) is 0 Å². The normalized spacial score (nSPS) is 19.3. The summed E-state index contributed by atoms with van der Waals surface area (Å²) in [7, 11) is 1.56. The quantitative estimate of drug-likeness (QED) is 0.919. The fraction of sp³-hybridized carbons (Fsp3) is 0.385. The Morgan fingerprint density at radius 1 is 1.47 bits per heavy atom. The van der Waals surface area contributed by atoms with Gasteiger partial charge >= 0.3 is 0 Å². The van der Waals surface area contributed by atoms with Crippen LogP contribution in [0.15, 0.2) is 22.7 Å². The van der Waals surface area contributed by atoms with Crippen molar-refractivity contribution in [1.82, 2.24) is 5.32 Å². The van der Waals surface area contributed by atoms with Crippen molar-refractivity contribution in [3.63, 3.8) is 0 Å². The minimum absolute atomic E-state index is 0.0354. The highest BCUT2D eigenvalue weighted by Crippen LogP contribution is 2.31. The number of piperazine rings is 1. The third kappa shape index (κ3) is 2.58. The van der Waals surface area contributed by atoms with Gasteiger partial charge in [0.25, 0.3) is 0 Å². The smallest absolute Gasteiger partial charge is 0.247 e. The zero-order chi connectivity index (χ0) is 14.0. The van der Waals surface area contributed by atoms with Crippen LogP contribution in [0.3, 0.4) is 0 Å². The van der Waals surface area contributed by atoms with Crippen LogP contribution in [0.4, 0.5) is 5.69 Å². The molecule has 0 bridgehead atoms. The number of halogens is 1. The number of amides is 2. The number of nitrogens with one attached hydrogen (secondary N) is 1. The van der Waals surface area contributed by atoms with E-state index in [9.17, 15) is 9.59 Å². The molecule has 1 fully saturated rings. The van der Waals surface area contributed by atoms with E-state index in [1.165, 1.54) is 4.90 Å². The molecule has 0 aromatic heterocycles. The lowest BCUT2D eigenvalue weighted by Crippen LogP contribution is -2.58. The molecule has 1 N–H and O–H groups in total. The number of carbonyl (C=O) groups is 2. The Morgan fingerprint density at radius 3 is 2.84 bits per heavy atom. The first kappa shape index (κ1) is 13.9. The van der Waals surface area contributed by atoms with Crippen LogP contribution in [0, 0.1) is 0 Å². The van der Waals surface area contributed by atoms with Crippen molar-refractivity contribution in [1.29, 1.82) is 0 Å². The molecule has 2 rings (SSSR count). The highest BCUT2D eigenvalue weighted by atomic mass is 79.9. The lowest BCUT2D eigenvalue weighted by atomic mass is 10.1. The summed E-state index contributed by atoms with van der Waals surface area (Å²) in [6.07, 6.45) is 0.565. The Balaban J connectivity index is 2.42. The van der Waals surface area contributed by atoms with Gasteiger partial charge in [0.15, 0.2) is 0 Å². The maximum absolute atomic E-state index is 12.1. The van der Waals surface area contributed by atoms with Gasteiger partial charge in [-0.15, -0.1) is 0 Å². The van der Waals surface area contributed by atoms with E-state index in [2.05, 4.69) is 21.2 Å². The van der Waals surface area contributed by atoms with Crippen molar-refractivity contribution in [2.24, 2.45) is 0 Å². The monoisotopic (exact) mass is 326 g/mol. The summed E-state index contributed by atoms with van der Waals surface area (Å²) in [5, 5.41) is 2.60. The molecule has 2 amide bonds. The van der Waals surface area contributed by atoms with Gasteiger partial charge in [0, 0.05) is 11.8 Å². The van der Waals surface area contributed by atoms with E-state index in [0.29, 0.717) is 17.9 Å². The third-order valence-corrected chi connectivity index (χ3v) is 3.75. The van der Waals surface area contributed by atoms with Crippen LogP contribution in [0.1, 0.15) is 13.3 Å². The van der Waals surface area contributed by atoms with Crippen LogP contribution in [0.2, 0.25) is 0 Å². The van der Waals surface area contributed by atoms with Crippen LogP contribution >= 0.6 is 15.9 Å². The topological polar surface area (TPSA) is 58.6 Å². The minimum atomic E-state index is -0.466. The lowest BCUT2D eigenvalue weighted by Gasteiger charge is -2.34. The number of carbonyl (C=O) groups excluding carboxylic acids is 2. The Labute approximate surface area is 120 Å². The highest BCUT2D eigenvalue weighted by Gasteiger charge is 2.34. The van der Waals surface area contributed by atoms with Gasteiger partial charge in [-0.1, -0.05) is 6.92 Å². The van der Waals surface area contributed by atoms with E-state index in [4.69, 9.17) is 4.74 Å². The van der Waals surface area contributed by atoms with Crippen molar-refractivity contribution in [2.45, 2.75) is 19.4 Å². The van der Waals surface area contributed by atoms with Crippen LogP contribution < -0.4 is 15.0 Å². The highest BCUT2D eigenvalue weighted by molar-refractivity contribution is 9.10. The van der Waals surface area contributed by atoms with E-state index in [1.54, 1.807) is 25.3 Å². The molecule has 0 saturated carbocycles. The summed E-state index contributed by atoms with van der Waals surface area (Å²) in [5.74, 6) is 0.394. The summed E-state index contributed by atoms with van der Waals surface area (Å²) < 4.78 is 6.03. The Bertz CT molecular complexity index is 519. The van der Waals surface area contributed by atoms with Crippen molar-refractivity contribution < 1.29 is 14.3 Å². The standard InChI is InChI=1S/C13H15BrN2O3/c1-3-10-13(18)15-7-12(17)16(10)8-4-5-9(14)11(6-8)19-2/h4-6,10H,3,7H2,1-2H3,(H,15,18). The molecule has 1 atom stereocenters. The van der Waals surface area contributed by atoms with Crippen LogP contribution in [0.5, 0.6) is 5.75 Å². The second kappa shape index (κ2) is 5.61. The zero-order valence-electron chi connectivity index (χ0n) is 10.8. The van der Waals surface area contributed by atoms with E-state index in [0.717, 1.165) is 4.47 Å². The molecule has 5 nitrogen and oxygen atoms in total. The largest absolute Gasteiger partial charge is 0.495 e. The molecule has 1 unspecified atom stereocenters. The lowest BCUT2D eigenvalue weighted by molar-refractivity contribution is -0.131. The summed E-state index contributed by atoms with van der Waals surface area (Å²) >= 11 is 3.37. The minimum Gasteiger partial charge on any atom is -0.495 e. The fourth-order valence-corrected chi connectivity index (χ4v) is 2.56. The Kier molecular flexibility index (Phi) is 4.09. The average Bonchev–Trinajstić information content (AvgIpc) is 2.42. The zero-order valence-corrected chi connectivity index (χ0v) is 12.4. The van der Waals surface area contributed by atoms with Gasteiger partial charge in [-0.25, -0.2) is 0 Å². The first-order valence-corrected chi connectivity index (χ1v) is 6.81. The molecule has 1 aliphatic rings. The predicted octanol–water partition coefficient (Wildman–Crippen LogP) is 1.70. The summed E-state index contributed by atoms with van der Waals surface area (Å²) in [5.41, 5.74) is 0.673. The van der Waals surface area contributed by atoms with Gasteiger partial charge in [0.05, 0.1) is 18.1 Å². The van der Waals surface area contributed by atoms with E-state index in [-0.39, 0.29) is 18.4 Å². The van der Waals surface area contributed by atoms with Gasteiger partial charge in [0.1, 0.15) is 11.8 Å². The third-order valence-electron chi connectivity index (χ3n) is 3.10. The van der Waals surface area contributed by atoms with Crippen molar-refractivity contribution >= 4 is 33.4 Å². The molecular formula is C13H15BrN2O3. The molecule has 1 aromatic rings. The van der Waals surface area contributed by atoms with Crippen molar-refractivity contribution in [3.05, 3.63) is 22.7 Å². The summed E-state index contributed by atoms with van der Waals surface area (Å²) in [6.45, 7) is 1.92.